The first-order valence-electron chi connectivity index (χ1n) is 7.67. The highest BCUT2D eigenvalue weighted by molar-refractivity contribution is 7.99. The molecule has 1 fully saturated rings. The van der Waals surface area contributed by atoms with Crippen molar-refractivity contribution in [2.45, 2.75) is 64.3 Å². The second kappa shape index (κ2) is 7.98. The van der Waals surface area contributed by atoms with Gasteiger partial charge < -0.3 is 4.74 Å². The number of aromatic nitrogens is 4. The van der Waals surface area contributed by atoms with Crippen molar-refractivity contribution in [1.82, 2.24) is 20.2 Å². The Kier molecular flexibility index (Phi) is 6.29. The average molecular weight is 298 g/mol. The largest absolute Gasteiger partial charge is 0.377 e. The van der Waals surface area contributed by atoms with E-state index in [9.17, 15) is 0 Å². The van der Waals surface area contributed by atoms with E-state index >= 15 is 0 Å². The Morgan fingerprint density at radius 1 is 1.35 bits per heavy atom. The van der Waals surface area contributed by atoms with E-state index in [0.29, 0.717) is 17.9 Å². The van der Waals surface area contributed by atoms with Crippen molar-refractivity contribution >= 4 is 11.8 Å². The summed E-state index contributed by atoms with van der Waals surface area (Å²) in [6, 6.07) is 0. The van der Waals surface area contributed by atoms with Gasteiger partial charge in [-0.15, -0.1) is 5.10 Å². The molecule has 0 aliphatic heterocycles. The minimum absolute atomic E-state index is 0.455. The van der Waals surface area contributed by atoms with Crippen molar-refractivity contribution < 1.29 is 4.74 Å². The molecule has 1 aromatic heterocycles. The van der Waals surface area contributed by atoms with Crippen molar-refractivity contribution in [3.63, 3.8) is 0 Å². The second-order valence-corrected chi connectivity index (χ2v) is 7.12. The van der Waals surface area contributed by atoms with E-state index < -0.39 is 0 Å². The Morgan fingerprint density at radius 2 is 2.15 bits per heavy atom. The van der Waals surface area contributed by atoms with Gasteiger partial charge >= 0.3 is 0 Å². The summed E-state index contributed by atoms with van der Waals surface area (Å²) in [5.41, 5.74) is 0. The lowest BCUT2D eigenvalue weighted by atomic mass is 9.88. The van der Waals surface area contributed by atoms with Crippen molar-refractivity contribution in [2.24, 2.45) is 11.8 Å². The van der Waals surface area contributed by atoms with Crippen LogP contribution in [0.3, 0.4) is 0 Å². The zero-order chi connectivity index (χ0) is 14.4. The third-order valence-electron chi connectivity index (χ3n) is 3.72. The van der Waals surface area contributed by atoms with E-state index in [1.165, 1.54) is 25.7 Å². The van der Waals surface area contributed by atoms with Crippen LogP contribution in [0.2, 0.25) is 0 Å². The van der Waals surface area contributed by atoms with Crippen LogP contribution < -0.4 is 0 Å². The highest BCUT2D eigenvalue weighted by Crippen LogP contribution is 2.26. The topological polar surface area (TPSA) is 52.8 Å². The van der Waals surface area contributed by atoms with Gasteiger partial charge in [0.1, 0.15) is 0 Å². The van der Waals surface area contributed by atoms with E-state index in [2.05, 4.69) is 36.3 Å². The SMILES string of the molecule is CC(C)Cn1nnnc1SCCOC1CCCCC1C. The molecule has 1 aliphatic rings. The van der Waals surface area contributed by atoms with Gasteiger partial charge in [-0.05, 0) is 35.1 Å². The van der Waals surface area contributed by atoms with E-state index in [4.69, 9.17) is 4.74 Å². The fraction of sp³-hybridized carbons (Fsp3) is 0.929. The first kappa shape index (κ1) is 15.8. The summed E-state index contributed by atoms with van der Waals surface area (Å²) in [6.45, 7) is 8.30. The molecule has 0 saturated heterocycles. The van der Waals surface area contributed by atoms with E-state index in [1.54, 1.807) is 11.8 Å². The molecule has 2 rings (SSSR count). The Balaban J connectivity index is 1.69. The molecule has 0 spiro atoms. The van der Waals surface area contributed by atoms with Crippen LogP contribution in [0.15, 0.2) is 5.16 Å². The molecule has 1 aliphatic carbocycles. The van der Waals surface area contributed by atoms with Crippen LogP contribution in [0.4, 0.5) is 0 Å². The van der Waals surface area contributed by atoms with Crippen molar-refractivity contribution in [3.05, 3.63) is 0 Å². The van der Waals surface area contributed by atoms with E-state index in [0.717, 1.165) is 24.1 Å². The third-order valence-corrected chi connectivity index (χ3v) is 4.64. The third kappa shape index (κ3) is 4.74. The van der Waals surface area contributed by atoms with Gasteiger partial charge in [-0.1, -0.05) is 45.4 Å². The predicted octanol–water partition coefficient (Wildman–Crippen LogP) is 3.02. The Hall–Kier alpha value is -0.620. The molecule has 0 N–H and O–H groups in total. The van der Waals surface area contributed by atoms with Crippen LogP contribution in [-0.4, -0.2) is 38.7 Å². The summed E-state index contributed by atoms with van der Waals surface area (Å²) in [7, 11) is 0. The standard InChI is InChI=1S/C14H26N4OS/c1-11(2)10-18-14(15-16-17-18)20-9-8-19-13-7-5-4-6-12(13)3/h11-13H,4-10H2,1-3H3. The summed E-state index contributed by atoms with van der Waals surface area (Å²) in [4.78, 5) is 0. The maximum absolute atomic E-state index is 6.02. The van der Waals surface area contributed by atoms with Crippen LogP contribution in [-0.2, 0) is 11.3 Å². The molecule has 1 aromatic rings. The average Bonchev–Trinajstić information content (AvgIpc) is 2.83. The predicted molar refractivity (Wildman–Crippen MR) is 80.8 cm³/mol. The monoisotopic (exact) mass is 298 g/mol. The Labute approximate surface area is 125 Å². The molecule has 0 radical (unpaired) electrons. The van der Waals surface area contributed by atoms with Crippen LogP contribution in [0.1, 0.15) is 46.5 Å². The lowest BCUT2D eigenvalue weighted by molar-refractivity contribution is 0.00345. The summed E-state index contributed by atoms with van der Waals surface area (Å²) in [6.07, 6.45) is 5.66. The molecule has 0 amide bonds. The normalized spacial score (nSPS) is 23.4. The van der Waals surface area contributed by atoms with Gasteiger partial charge in [-0.3, -0.25) is 0 Å². The molecule has 5 nitrogen and oxygen atoms in total. The molecule has 6 heteroatoms. The highest BCUT2D eigenvalue weighted by atomic mass is 32.2. The number of hydrogen-bond donors (Lipinski definition) is 0. The minimum atomic E-state index is 0.455. The summed E-state index contributed by atoms with van der Waals surface area (Å²) < 4.78 is 7.90. The summed E-state index contributed by atoms with van der Waals surface area (Å²) >= 11 is 1.69. The fourth-order valence-electron chi connectivity index (χ4n) is 2.62. The molecule has 114 valence electrons. The molecule has 0 bridgehead atoms. The molecule has 1 heterocycles. The number of rotatable bonds is 7. The summed E-state index contributed by atoms with van der Waals surface area (Å²) in [5, 5.41) is 12.8. The van der Waals surface area contributed by atoms with Crippen molar-refractivity contribution in [3.8, 4) is 0 Å². The van der Waals surface area contributed by atoms with Gasteiger partial charge in [0, 0.05) is 12.3 Å². The zero-order valence-corrected chi connectivity index (χ0v) is 13.6. The number of tetrazole rings is 1. The number of nitrogens with zero attached hydrogens (tertiary/aromatic N) is 4. The maximum Gasteiger partial charge on any atom is 0.209 e. The molecule has 2 unspecified atom stereocenters. The molecule has 0 aromatic carbocycles. The maximum atomic E-state index is 6.02. The van der Waals surface area contributed by atoms with Crippen molar-refractivity contribution in [2.75, 3.05) is 12.4 Å². The van der Waals surface area contributed by atoms with E-state index in [1.807, 2.05) is 4.68 Å². The highest BCUT2D eigenvalue weighted by Gasteiger charge is 2.21. The van der Waals surface area contributed by atoms with Gasteiger partial charge in [0.2, 0.25) is 5.16 Å². The lowest BCUT2D eigenvalue weighted by Crippen LogP contribution is -2.26. The zero-order valence-electron chi connectivity index (χ0n) is 12.8. The number of ether oxygens (including phenoxy) is 1. The lowest BCUT2D eigenvalue weighted by Gasteiger charge is -2.28. The van der Waals surface area contributed by atoms with Crippen LogP contribution >= 0.6 is 11.8 Å². The molecule has 2 atom stereocenters. The van der Waals surface area contributed by atoms with Gasteiger partial charge in [-0.2, -0.15) is 0 Å². The van der Waals surface area contributed by atoms with Gasteiger partial charge in [0.25, 0.3) is 0 Å². The smallest absolute Gasteiger partial charge is 0.209 e. The van der Waals surface area contributed by atoms with Crippen LogP contribution in [0.25, 0.3) is 0 Å². The van der Waals surface area contributed by atoms with Crippen LogP contribution in [0.5, 0.6) is 0 Å². The molecule has 1 saturated carbocycles. The van der Waals surface area contributed by atoms with Gasteiger partial charge in [0.15, 0.2) is 0 Å². The Bertz CT molecular complexity index is 396. The molecular weight excluding hydrogens is 272 g/mol. The van der Waals surface area contributed by atoms with Crippen molar-refractivity contribution in [1.29, 1.82) is 0 Å². The van der Waals surface area contributed by atoms with Gasteiger partial charge in [0.05, 0.1) is 12.7 Å². The minimum Gasteiger partial charge on any atom is -0.377 e. The van der Waals surface area contributed by atoms with Crippen LogP contribution in [0, 0.1) is 11.8 Å². The number of hydrogen-bond acceptors (Lipinski definition) is 5. The molecular formula is C14H26N4OS. The number of thioether (sulfide) groups is 1. The first-order valence-corrected chi connectivity index (χ1v) is 8.66. The van der Waals surface area contributed by atoms with Gasteiger partial charge in [-0.25, -0.2) is 4.68 Å². The fourth-order valence-corrected chi connectivity index (χ4v) is 3.34. The Morgan fingerprint density at radius 3 is 2.90 bits per heavy atom. The quantitative estimate of drug-likeness (QED) is 0.572. The molecule has 20 heavy (non-hydrogen) atoms. The van der Waals surface area contributed by atoms with E-state index in [-0.39, 0.29) is 0 Å². The first-order chi connectivity index (χ1) is 9.66. The second-order valence-electron chi connectivity index (χ2n) is 6.06. The summed E-state index contributed by atoms with van der Waals surface area (Å²) in [5.74, 6) is 2.18.